The van der Waals surface area contributed by atoms with E-state index < -0.39 is 6.04 Å². The van der Waals surface area contributed by atoms with Crippen LogP contribution in [0.4, 0.5) is 11.5 Å². The van der Waals surface area contributed by atoms with Crippen molar-refractivity contribution in [1.82, 2.24) is 19.7 Å². The van der Waals surface area contributed by atoms with E-state index in [1.54, 1.807) is 6.20 Å². The van der Waals surface area contributed by atoms with Gasteiger partial charge in [-0.15, -0.1) is 0 Å². The van der Waals surface area contributed by atoms with Crippen molar-refractivity contribution in [2.45, 2.75) is 38.8 Å². The average molecular weight is 415 g/mol. The Hall–Kier alpha value is -3.74. The van der Waals surface area contributed by atoms with Gasteiger partial charge in [0.25, 0.3) is 0 Å². The molecular formula is C24H26N6O. The summed E-state index contributed by atoms with van der Waals surface area (Å²) in [5.41, 5.74) is 2.31. The van der Waals surface area contributed by atoms with E-state index in [9.17, 15) is 4.79 Å². The van der Waals surface area contributed by atoms with Crippen LogP contribution >= 0.6 is 0 Å². The molecule has 2 heterocycles. The van der Waals surface area contributed by atoms with Gasteiger partial charge in [-0.1, -0.05) is 48.5 Å². The zero-order chi connectivity index (χ0) is 21.8. The number of fused-ring (bicyclic) bond motifs is 1. The van der Waals surface area contributed by atoms with Crippen LogP contribution in [0.15, 0.2) is 73.2 Å². The Kier molecular flexibility index (Phi) is 5.66. The maximum Gasteiger partial charge on any atom is 0.247 e. The van der Waals surface area contributed by atoms with Gasteiger partial charge in [-0.25, -0.2) is 14.6 Å². The molecule has 0 aliphatic heterocycles. The standard InChI is InChI=1S/C24H26N6O/c1-24(2,3)30-22-19(15-27-30)21(25-16-26-22)29-20(14-17-10-6-4-7-11-17)23(31)28-18-12-8-5-9-13-18/h4-13,15-16,20H,14H2,1-3H3,(H,28,31)(H,25,26,29)/t20-/m1/s1. The van der Waals surface area contributed by atoms with Crippen LogP contribution in [-0.4, -0.2) is 31.7 Å². The molecule has 0 aliphatic rings. The highest BCUT2D eigenvalue weighted by Crippen LogP contribution is 2.25. The van der Waals surface area contributed by atoms with Crippen molar-refractivity contribution in [2.24, 2.45) is 0 Å². The second-order valence-electron chi connectivity index (χ2n) is 8.43. The highest BCUT2D eigenvalue weighted by atomic mass is 16.2. The van der Waals surface area contributed by atoms with Crippen LogP contribution in [0.3, 0.4) is 0 Å². The Bertz CT molecular complexity index is 1170. The summed E-state index contributed by atoms with van der Waals surface area (Å²) >= 11 is 0. The number of nitrogens with zero attached hydrogens (tertiary/aromatic N) is 4. The smallest absolute Gasteiger partial charge is 0.247 e. The molecule has 158 valence electrons. The van der Waals surface area contributed by atoms with E-state index in [0.29, 0.717) is 12.2 Å². The van der Waals surface area contributed by atoms with Gasteiger partial charge >= 0.3 is 0 Å². The Morgan fingerprint density at radius 1 is 1.00 bits per heavy atom. The van der Waals surface area contributed by atoms with Crippen molar-refractivity contribution < 1.29 is 4.79 Å². The predicted molar refractivity (Wildman–Crippen MR) is 123 cm³/mol. The molecule has 4 rings (SSSR count). The number of hydrogen-bond donors (Lipinski definition) is 2. The van der Waals surface area contributed by atoms with Crippen molar-refractivity contribution in [3.8, 4) is 0 Å². The van der Waals surface area contributed by atoms with Gasteiger partial charge < -0.3 is 10.6 Å². The first-order valence-corrected chi connectivity index (χ1v) is 10.3. The van der Waals surface area contributed by atoms with Gasteiger partial charge in [-0.2, -0.15) is 5.10 Å². The summed E-state index contributed by atoms with van der Waals surface area (Å²) in [6.07, 6.45) is 3.76. The van der Waals surface area contributed by atoms with E-state index in [-0.39, 0.29) is 11.4 Å². The lowest BCUT2D eigenvalue weighted by atomic mass is 10.0. The van der Waals surface area contributed by atoms with Gasteiger partial charge in [0.2, 0.25) is 5.91 Å². The molecule has 0 saturated carbocycles. The van der Waals surface area contributed by atoms with Crippen LogP contribution < -0.4 is 10.6 Å². The highest BCUT2D eigenvalue weighted by Gasteiger charge is 2.23. The Labute approximate surface area is 181 Å². The number of nitrogens with one attached hydrogen (secondary N) is 2. The molecule has 2 aromatic carbocycles. The molecule has 4 aromatic rings. The minimum atomic E-state index is -0.529. The summed E-state index contributed by atoms with van der Waals surface area (Å²) in [6, 6.07) is 18.8. The van der Waals surface area contributed by atoms with Gasteiger partial charge in [-0.05, 0) is 38.5 Å². The molecule has 31 heavy (non-hydrogen) atoms. The number of para-hydroxylation sites is 1. The maximum atomic E-state index is 13.2. The van der Waals surface area contributed by atoms with Crippen LogP contribution in [0.25, 0.3) is 11.0 Å². The number of anilines is 2. The lowest BCUT2D eigenvalue weighted by molar-refractivity contribution is -0.116. The summed E-state index contributed by atoms with van der Waals surface area (Å²) < 4.78 is 1.87. The minimum Gasteiger partial charge on any atom is -0.357 e. The fraction of sp³-hybridized carbons (Fsp3) is 0.250. The highest BCUT2D eigenvalue weighted by molar-refractivity contribution is 5.98. The zero-order valence-corrected chi connectivity index (χ0v) is 17.9. The Morgan fingerprint density at radius 3 is 2.35 bits per heavy atom. The van der Waals surface area contributed by atoms with Crippen LogP contribution in [0.5, 0.6) is 0 Å². The molecule has 0 spiro atoms. The average Bonchev–Trinajstić information content (AvgIpc) is 3.20. The van der Waals surface area contributed by atoms with E-state index in [2.05, 4.69) is 46.5 Å². The second kappa shape index (κ2) is 8.55. The second-order valence-corrected chi connectivity index (χ2v) is 8.43. The molecule has 0 saturated heterocycles. The third kappa shape index (κ3) is 4.71. The number of benzene rings is 2. The van der Waals surface area contributed by atoms with E-state index in [4.69, 9.17) is 0 Å². The van der Waals surface area contributed by atoms with E-state index >= 15 is 0 Å². The normalized spacial score (nSPS) is 12.5. The lowest BCUT2D eigenvalue weighted by Crippen LogP contribution is -2.37. The lowest BCUT2D eigenvalue weighted by Gasteiger charge is -2.21. The number of amides is 1. The molecule has 2 aromatic heterocycles. The first kappa shape index (κ1) is 20.5. The molecule has 0 radical (unpaired) electrons. The molecular weight excluding hydrogens is 388 g/mol. The summed E-state index contributed by atoms with van der Waals surface area (Å²) in [5.74, 6) is 0.453. The monoisotopic (exact) mass is 414 g/mol. The van der Waals surface area contributed by atoms with Crippen molar-refractivity contribution in [3.05, 3.63) is 78.8 Å². The Balaban J connectivity index is 1.66. The quantitative estimate of drug-likeness (QED) is 0.493. The summed E-state index contributed by atoms with van der Waals surface area (Å²) in [7, 11) is 0. The first-order chi connectivity index (χ1) is 14.9. The minimum absolute atomic E-state index is 0.134. The molecule has 0 bridgehead atoms. The molecule has 2 N–H and O–H groups in total. The van der Waals surface area contributed by atoms with Gasteiger partial charge in [0.05, 0.1) is 17.1 Å². The Morgan fingerprint density at radius 2 is 1.68 bits per heavy atom. The molecule has 0 aliphatic carbocycles. The van der Waals surface area contributed by atoms with Crippen molar-refractivity contribution in [2.75, 3.05) is 10.6 Å². The number of rotatable bonds is 6. The molecule has 7 nitrogen and oxygen atoms in total. The molecule has 1 amide bonds. The molecule has 1 atom stereocenters. The number of aromatic nitrogens is 4. The predicted octanol–water partition coefficient (Wildman–Crippen LogP) is 4.24. The van der Waals surface area contributed by atoms with Crippen LogP contribution in [0.1, 0.15) is 26.3 Å². The van der Waals surface area contributed by atoms with Crippen molar-refractivity contribution in [3.63, 3.8) is 0 Å². The topological polar surface area (TPSA) is 84.7 Å². The number of hydrogen-bond acceptors (Lipinski definition) is 5. The molecule has 0 fully saturated rings. The third-order valence-corrected chi connectivity index (χ3v) is 4.95. The first-order valence-electron chi connectivity index (χ1n) is 10.3. The maximum absolute atomic E-state index is 13.2. The van der Waals surface area contributed by atoms with Crippen LogP contribution in [-0.2, 0) is 16.8 Å². The van der Waals surface area contributed by atoms with Gasteiger partial charge in [0, 0.05) is 12.1 Å². The molecule has 7 heteroatoms. The van der Waals surface area contributed by atoms with Crippen molar-refractivity contribution >= 4 is 28.4 Å². The number of carbonyl (C=O) groups excluding carboxylic acids is 1. The molecule has 0 unspecified atom stereocenters. The van der Waals surface area contributed by atoms with E-state index in [0.717, 1.165) is 22.3 Å². The largest absolute Gasteiger partial charge is 0.357 e. The summed E-state index contributed by atoms with van der Waals surface area (Å²) in [5, 5.41) is 11.6. The van der Waals surface area contributed by atoms with E-state index in [1.165, 1.54) is 6.33 Å². The summed E-state index contributed by atoms with van der Waals surface area (Å²) in [6.45, 7) is 6.21. The van der Waals surface area contributed by atoms with Crippen LogP contribution in [0.2, 0.25) is 0 Å². The fourth-order valence-corrected chi connectivity index (χ4v) is 3.42. The summed E-state index contributed by atoms with van der Waals surface area (Å²) in [4.78, 5) is 22.0. The van der Waals surface area contributed by atoms with Gasteiger partial charge in [-0.3, -0.25) is 4.79 Å². The van der Waals surface area contributed by atoms with Gasteiger partial charge in [0.15, 0.2) is 5.65 Å². The van der Waals surface area contributed by atoms with E-state index in [1.807, 2.05) is 65.3 Å². The zero-order valence-electron chi connectivity index (χ0n) is 17.9. The SMILES string of the molecule is CC(C)(C)n1ncc2c(N[C@H](Cc3ccccc3)C(=O)Nc3ccccc3)ncnc21. The van der Waals surface area contributed by atoms with Crippen molar-refractivity contribution in [1.29, 1.82) is 0 Å². The van der Waals surface area contributed by atoms with Gasteiger partial charge in [0.1, 0.15) is 18.2 Å². The number of carbonyl (C=O) groups is 1. The van der Waals surface area contributed by atoms with Crippen LogP contribution in [0, 0.1) is 0 Å². The fourth-order valence-electron chi connectivity index (χ4n) is 3.42. The third-order valence-electron chi connectivity index (χ3n) is 4.95.